The molecule has 0 amide bonds. The summed E-state index contributed by atoms with van der Waals surface area (Å²) < 4.78 is 9.06. The molecule has 0 atom stereocenters. The average Bonchev–Trinajstić information content (AvgIpc) is 2.16. The molecule has 0 saturated carbocycles. The lowest BCUT2D eigenvalue weighted by Gasteiger charge is -2.03. The van der Waals surface area contributed by atoms with Crippen molar-refractivity contribution in [1.29, 1.82) is 0 Å². The Bertz CT molecular complexity index is 234. The van der Waals surface area contributed by atoms with E-state index in [0.29, 0.717) is 0 Å². The van der Waals surface area contributed by atoms with Gasteiger partial charge in [0, 0.05) is 0 Å². The average molecular weight is 241 g/mol. The zero-order chi connectivity index (χ0) is 11.1. The van der Waals surface area contributed by atoms with Crippen LogP contribution < -0.4 is 0 Å². The van der Waals surface area contributed by atoms with Crippen molar-refractivity contribution in [2.75, 3.05) is 13.2 Å². The molecular formula is C8H10Cl2O4. The summed E-state index contributed by atoms with van der Waals surface area (Å²) in [7, 11) is 0. The summed E-state index contributed by atoms with van der Waals surface area (Å²) in [5.41, 5.74) is 0. The van der Waals surface area contributed by atoms with E-state index in [4.69, 9.17) is 23.2 Å². The SMILES string of the molecule is CCOC(=O)/C(Cl)=C(\Cl)C(=O)OCC. The first-order valence-electron chi connectivity index (χ1n) is 3.94. The number of ether oxygens (including phenoxy) is 2. The quantitative estimate of drug-likeness (QED) is 0.556. The summed E-state index contributed by atoms with van der Waals surface area (Å²) in [5.74, 6) is -1.68. The molecule has 0 aliphatic heterocycles. The molecule has 0 spiro atoms. The van der Waals surface area contributed by atoms with E-state index in [9.17, 15) is 9.59 Å². The molecule has 0 N–H and O–H groups in total. The highest BCUT2D eigenvalue weighted by Crippen LogP contribution is 2.16. The predicted octanol–water partition coefficient (Wildman–Crippen LogP) is 1.80. The number of hydrogen-bond acceptors (Lipinski definition) is 4. The van der Waals surface area contributed by atoms with Gasteiger partial charge in [-0.1, -0.05) is 23.2 Å². The highest BCUT2D eigenvalue weighted by atomic mass is 35.5. The van der Waals surface area contributed by atoms with Crippen molar-refractivity contribution >= 4 is 35.1 Å². The number of carbonyl (C=O) groups is 2. The zero-order valence-corrected chi connectivity index (χ0v) is 9.31. The van der Waals surface area contributed by atoms with Crippen LogP contribution in [0.15, 0.2) is 10.1 Å². The monoisotopic (exact) mass is 240 g/mol. The van der Waals surface area contributed by atoms with E-state index in [1.54, 1.807) is 13.8 Å². The number of carbonyl (C=O) groups excluding carboxylic acids is 2. The number of halogens is 2. The maximum absolute atomic E-state index is 11.0. The molecule has 0 rings (SSSR count). The number of hydrogen-bond donors (Lipinski definition) is 0. The first kappa shape index (κ1) is 13.3. The number of rotatable bonds is 4. The standard InChI is InChI=1S/C8H10Cl2O4/c1-3-13-7(11)5(9)6(10)8(12)14-4-2/h3-4H2,1-2H3/b6-5+. The molecular weight excluding hydrogens is 231 g/mol. The van der Waals surface area contributed by atoms with Gasteiger partial charge in [0.25, 0.3) is 0 Å². The summed E-state index contributed by atoms with van der Waals surface area (Å²) in [6.45, 7) is 3.53. The third-order valence-corrected chi connectivity index (χ3v) is 1.89. The van der Waals surface area contributed by atoms with Gasteiger partial charge in [-0.25, -0.2) is 9.59 Å². The Morgan fingerprint density at radius 2 is 1.21 bits per heavy atom. The van der Waals surface area contributed by atoms with Crippen LogP contribution in [-0.2, 0) is 19.1 Å². The minimum atomic E-state index is -0.841. The lowest BCUT2D eigenvalue weighted by Crippen LogP contribution is -2.11. The van der Waals surface area contributed by atoms with Gasteiger partial charge >= 0.3 is 11.9 Å². The largest absolute Gasteiger partial charge is 0.462 e. The van der Waals surface area contributed by atoms with Gasteiger partial charge in [0.1, 0.15) is 0 Å². The van der Waals surface area contributed by atoms with Crippen molar-refractivity contribution in [3.05, 3.63) is 10.1 Å². The van der Waals surface area contributed by atoms with E-state index >= 15 is 0 Å². The molecule has 0 fully saturated rings. The van der Waals surface area contributed by atoms with E-state index < -0.39 is 22.0 Å². The lowest BCUT2D eigenvalue weighted by atomic mass is 10.5. The van der Waals surface area contributed by atoms with E-state index in [-0.39, 0.29) is 13.2 Å². The Labute approximate surface area is 91.8 Å². The molecule has 0 aliphatic carbocycles. The fourth-order valence-corrected chi connectivity index (χ4v) is 0.832. The smallest absolute Gasteiger partial charge is 0.351 e. The number of esters is 2. The van der Waals surface area contributed by atoms with Gasteiger partial charge in [0.05, 0.1) is 13.2 Å². The van der Waals surface area contributed by atoms with Crippen LogP contribution in [0.1, 0.15) is 13.8 Å². The molecule has 80 valence electrons. The summed E-state index contributed by atoms with van der Waals surface area (Å²) in [6, 6.07) is 0. The van der Waals surface area contributed by atoms with Crippen molar-refractivity contribution in [1.82, 2.24) is 0 Å². The Hall–Kier alpha value is -0.740. The molecule has 0 saturated heterocycles. The third-order valence-electron chi connectivity index (χ3n) is 1.10. The van der Waals surface area contributed by atoms with Crippen LogP contribution in [-0.4, -0.2) is 25.2 Å². The molecule has 0 aliphatic rings. The van der Waals surface area contributed by atoms with Gasteiger partial charge in [-0.2, -0.15) is 0 Å². The van der Waals surface area contributed by atoms with Crippen LogP contribution >= 0.6 is 23.2 Å². The molecule has 0 aromatic carbocycles. The normalized spacial score (nSPS) is 11.7. The van der Waals surface area contributed by atoms with Gasteiger partial charge in [-0.3, -0.25) is 0 Å². The Balaban J connectivity index is 4.57. The second kappa shape index (κ2) is 6.68. The molecule has 6 heteroatoms. The summed E-state index contributed by atoms with van der Waals surface area (Å²) in [5, 5.41) is -0.932. The molecule has 0 heterocycles. The molecule has 0 radical (unpaired) electrons. The summed E-state index contributed by atoms with van der Waals surface area (Å²) in [6.07, 6.45) is 0. The van der Waals surface area contributed by atoms with Crippen LogP contribution in [0.5, 0.6) is 0 Å². The molecule has 0 bridgehead atoms. The van der Waals surface area contributed by atoms with Crippen molar-refractivity contribution in [2.45, 2.75) is 13.8 Å². The topological polar surface area (TPSA) is 52.6 Å². The highest BCUT2D eigenvalue weighted by Gasteiger charge is 2.19. The third kappa shape index (κ3) is 3.98. The van der Waals surface area contributed by atoms with E-state index in [0.717, 1.165) is 0 Å². The van der Waals surface area contributed by atoms with E-state index in [1.165, 1.54) is 0 Å². The molecule has 0 aromatic rings. The molecule has 0 aromatic heterocycles. The van der Waals surface area contributed by atoms with Gasteiger partial charge < -0.3 is 9.47 Å². The van der Waals surface area contributed by atoms with Crippen LogP contribution in [0.4, 0.5) is 0 Å². The van der Waals surface area contributed by atoms with Crippen LogP contribution in [0.25, 0.3) is 0 Å². The molecule has 14 heavy (non-hydrogen) atoms. The van der Waals surface area contributed by atoms with Gasteiger partial charge in [0.2, 0.25) is 0 Å². The second-order valence-electron chi connectivity index (χ2n) is 2.07. The first-order valence-corrected chi connectivity index (χ1v) is 4.69. The van der Waals surface area contributed by atoms with Crippen molar-refractivity contribution in [3.63, 3.8) is 0 Å². The minimum absolute atomic E-state index is 0.155. The van der Waals surface area contributed by atoms with Gasteiger partial charge in [-0.05, 0) is 13.8 Å². The van der Waals surface area contributed by atoms with Gasteiger partial charge in [0.15, 0.2) is 10.1 Å². The summed E-state index contributed by atoms with van der Waals surface area (Å²) in [4.78, 5) is 22.0. The molecule has 4 nitrogen and oxygen atoms in total. The van der Waals surface area contributed by atoms with Crippen molar-refractivity contribution in [3.8, 4) is 0 Å². The maximum atomic E-state index is 11.0. The second-order valence-corrected chi connectivity index (χ2v) is 2.82. The highest BCUT2D eigenvalue weighted by molar-refractivity contribution is 6.53. The maximum Gasteiger partial charge on any atom is 0.351 e. The Morgan fingerprint density at radius 3 is 1.43 bits per heavy atom. The van der Waals surface area contributed by atoms with Crippen LogP contribution in [0, 0.1) is 0 Å². The first-order chi connectivity index (χ1) is 6.54. The van der Waals surface area contributed by atoms with E-state index in [1.807, 2.05) is 0 Å². The lowest BCUT2D eigenvalue weighted by molar-refractivity contribution is -0.140. The van der Waals surface area contributed by atoms with Crippen LogP contribution in [0.2, 0.25) is 0 Å². The fourth-order valence-electron chi connectivity index (χ4n) is 0.568. The van der Waals surface area contributed by atoms with Crippen molar-refractivity contribution < 1.29 is 19.1 Å². The predicted molar refractivity (Wildman–Crippen MR) is 52.0 cm³/mol. The van der Waals surface area contributed by atoms with Crippen LogP contribution in [0.3, 0.4) is 0 Å². The summed E-state index contributed by atoms with van der Waals surface area (Å²) >= 11 is 10.9. The van der Waals surface area contributed by atoms with Crippen molar-refractivity contribution in [2.24, 2.45) is 0 Å². The van der Waals surface area contributed by atoms with E-state index in [2.05, 4.69) is 9.47 Å². The minimum Gasteiger partial charge on any atom is -0.462 e. The Kier molecular flexibility index (Phi) is 6.32. The fraction of sp³-hybridized carbons (Fsp3) is 0.500. The molecule has 0 unspecified atom stereocenters. The Morgan fingerprint density at radius 1 is 0.929 bits per heavy atom. The van der Waals surface area contributed by atoms with Gasteiger partial charge in [-0.15, -0.1) is 0 Å². The zero-order valence-electron chi connectivity index (χ0n) is 7.80.